The van der Waals surface area contributed by atoms with Crippen LogP contribution >= 0.6 is 23.2 Å². The number of aliphatic hydroxyl groups is 1. The number of sulfonamides is 1. The molecule has 5 rings (SSSR count). The molecule has 0 spiro atoms. The van der Waals surface area contributed by atoms with Crippen molar-refractivity contribution in [2.24, 2.45) is 4.99 Å². The van der Waals surface area contributed by atoms with E-state index in [-0.39, 0.29) is 17.5 Å². The molecule has 0 radical (unpaired) electrons. The normalized spacial score (nSPS) is 19.2. The smallest absolute Gasteiger partial charge is 0.326 e. The lowest BCUT2D eigenvalue weighted by Crippen LogP contribution is -2.54. The van der Waals surface area contributed by atoms with Crippen molar-refractivity contribution in [2.45, 2.75) is 23.9 Å². The van der Waals surface area contributed by atoms with E-state index in [1.807, 2.05) is 31.2 Å². The summed E-state index contributed by atoms with van der Waals surface area (Å²) in [6, 6.07) is 17.9. The molecule has 1 saturated heterocycles. The maximum atomic E-state index is 14.7. The summed E-state index contributed by atoms with van der Waals surface area (Å²) >= 11 is 12.5. The van der Waals surface area contributed by atoms with Gasteiger partial charge in [0.1, 0.15) is 17.6 Å². The Bertz CT molecular complexity index is 1640. The number of nitrogens with zero attached hydrogens (tertiary/aromatic N) is 5. The minimum atomic E-state index is -3.82. The molecule has 2 unspecified atom stereocenters. The van der Waals surface area contributed by atoms with Gasteiger partial charge in [-0.1, -0.05) is 47.5 Å². The molecule has 0 bridgehead atoms. The summed E-state index contributed by atoms with van der Waals surface area (Å²) in [5.74, 6) is 0.711. The number of carbonyl (C=O) groups is 1. The molecule has 3 aromatic carbocycles. The first-order chi connectivity index (χ1) is 21.5. The number of piperazine rings is 1. The van der Waals surface area contributed by atoms with Crippen LogP contribution in [0.3, 0.4) is 0 Å². The Morgan fingerprint density at radius 2 is 1.56 bits per heavy atom. The van der Waals surface area contributed by atoms with Gasteiger partial charge >= 0.3 is 6.03 Å². The molecule has 1 N–H and O–H groups in total. The number of amidine groups is 1. The van der Waals surface area contributed by atoms with Gasteiger partial charge in [0.25, 0.3) is 0 Å². The number of ether oxygens (including phenoxy) is 1. The third kappa shape index (κ3) is 6.98. The lowest BCUT2D eigenvalue weighted by atomic mass is 9.93. The summed E-state index contributed by atoms with van der Waals surface area (Å²) < 4.78 is 33.7. The number of β-amino-alcohol motifs (C(OH)–C–C–N with tert-alkyl or cyclic N) is 1. The lowest BCUT2D eigenvalue weighted by Gasteiger charge is -2.39. The van der Waals surface area contributed by atoms with E-state index in [4.69, 9.17) is 32.9 Å². The second-order valence-corrected chi connectivity index (χ2v) is 14.1. The summed E-state index contributed by atoms with van der Waals surface area (Å²) in [6.45, 7) is 4.87. The standard InChI is InChI=1S/C32H37Cl2N5O5S/c1-4-44-28-14-13-26(45(42,43)36(2)3)21-27(28)31-35-29(22-5-9-24(33)10-6-22)30(23-7-11-25(34)12-8-23)39(31)32(41)38-17-15-37(16-18-38)19-20-40/h5-14,21,29-30,40H,4,15-20H2,1-3H3. The Morgan fingerprint density at radius 1 is 0.956 bits per heavy atom. The number of rotatable bonds is 9. The Hall–Kier alpha value is -3.19. The van der Waals surface area contributed by atoms with Gasteiger partial charge in [-0.15, -0.1) is 0 Å². The van der Waals surface area contributed by atoms with Gasteiger partial charge in [-0.25, -0.2) is 17.5 Å². The lowest BCUT2D eigenvalue weighted by molar-refractivity contribution is 0.108. The van der Waals surface area contributed by atoms with E-state index in [2.05, 4.69) is 4.90 Å². The summed E-state index contributed by atoms with van der Waals surface area (Å²) in [5, 5.41) is 10.5. The first kappa shape index (κ1) is 33.2. The number of urea groups is 1. The summed E-state index contributed by atoms with van der Waals surface area (Å²) in [7, 11) is -0.877. The summed E-state index contributed by atoms with van der Waals surface area (Å²) in [5.41, 5.74) is 2.03. The van der Waals surface area contributed by atoms with Crippen LogP contribution < -0.4 is 4.74 Å². The van der Waals surface area contributed by atoms with Gasteiger partial charge in [-0.3, -0.25) is 14.8 Å². The Morgan fingerprint density at radius 3 is 2.11 bits per heavy atom. The topological polar surface area (TPSA) is 106 Å². The fourth-order valence-electron chi connectivity index (χ4n) is 5.65. The number of hydrogen-bond donors (Lipinski definition) is 1. The van der Waals surface area contributed by atoms with Gasteiger partial charge in [-0.2, -0.15) is 0 Å². The molecular weight excluding hydrogens is 637 g/mol. The van der Waals surface area contributed by atoms with Crippen molar-refractivity contribution in [2.75, 3.05) is 60.0 Å². The van der Waals surface area contributed by atoms with E-state index >= 15 is 0 Å². The molecule has 13 heteroatoms. The number of halogens is 2. The molecule has 2 aliphatic heterocycles. The molecule has 10 nitrogen and oxygen atoms in total. The predicted octanol–water partition coefficient (Wildman–Crippen LogP) is 4.92. The van der Waals surface area contributed by atoms with E-state index < -0.39 is 22.1 Å². The highest BCUT2D eigenvalue weighted by Gasteiger charge is 2.45. The zero-order chi connectivity index (χ0) is 32.3. The Balaban J connectivity index is 1.70. The third-order valence-electron chi connectivity index (χ3n) is 8.03. The van der Waals surface area contributed by atoms with Crippen molar-refractivity contribution in [3.05, 3.63) is 93.5 Å². The van der Waals surface area contributed by atoms with Gasteiger partial charge in [0, 0.05) is 56.9 Å². The quantitative estimate of drug-likeness (QED) is 0.346. The molecular formula is C32H37Cl2N5O5S. The van der Waals surface area contributed by atoms with E-state index in [1.54, 1.807) is 40.1 Å². The van der Waals surface area contributed by atoms with Gasteiger partial charge in [-0.05, 0) is 60.5 Å². The monoisotopic (exact) mass is 673 g/mol. The zero-order valence-electron chi connectivity index (χ0n) is 25.4. The number of amides is 2. The second-order valence-electron chi connectivity index (χ2n) is 11.0. The highest BCUT2D eigenvalue weighted by atomic mass is 35.5. The number of carbonyl (C=O) groups excluding carboxylic acids is 1. The van der Waals surface area contributed by atoms with Crippen LogP contribution in [0.25, 0.3) is 0 Å². The van der Waals surface area contributed by atoms with Crippen molar-refractivity contribution in [3.8, 4) is 5.75 Å². The minimum Gasteiger partial charge on any atom is -0.493 e. The van der Waals surface area contributed by atoms with Crippen LogP contribution in [-0.2, 0) is 10.0 Å². The molecule has 2 atom stereocenters. The van der Waals surface area contributed by atoms with Crippen LogP contribution in [0.1, 0.15) is 35.7 Å². The van der Waals surface area contributed by atoms with Crippen molar-refractivity contribution < 1.29 is 23.1 Å². The average Bonchev–Trinajstić information content (AvgIpc) is 3.42. The maximum Gasteiger partial charge on any atom is 0.326 e. The van der Waals surface area contributed by atoms with Crippen molar-refractivity contribution in [3.63, 3.8) is 0 Å². The van der Waals surface area contributed by atoms with E-state index in [0.29, 0.717) is 66.5 Å². The molecule has 1 fully saturated rings. The molecule has 240 valence electrons. The molecule has 3 aromatic rings. The van der Waals surface area contributed by atoms with Gasteiger partial charge in [0.2, 0.25) is 10.0 Å². The second kappa shape index (κ2) is 14.1. The largest absolute Gasteiger partial charge is 0.493 e. The van der Waals surface area contributed by atoms with Crippen molar-refractivity contribution >= 4 is 45.1 Å². The first-order valence-electron chi connectivity index (χ1n) is 14.7. The molecule has 0 saturated carbocycles. The van der Waals surface area contributed by atoms with Gasteiger partial charge in [0.05, 0.1) is 29.7 Å². The number of benzene rings is 3. The molecule has 2 aliphatic rings. The number of hydrogen-bond acceptors (Lipinski definition) is 7. The van der Waals surface area contributed by atoms with Crippen LogP contribution in [0.2, 0.25) is 10.0 Å². The van der Waals surface area contributed by atoms with Crippen molar-refractivity contribution in [1.29, 1.82) is 0 Å². The summed E-state index contributed by atoms with van der Waals surface area (Å²) in [4.78, 5) is 25.5. The van der Waals surface area contributed by atoms with Crippen LogP contribution in [0.5, 0.6) is 5.75 Å². The SMILES string of the molecule is CCOc1ccc(S(=O)(=O)N(C)C)cc1C1=NC(c2ccc(Cl)cc2)C(c2ccc(Cl)cc2)N1C(=O)N1CCN(CCO)CC1. The number of aliphatic hydroxyl groups excluding tert-OH is 1. The molecule has 45 heavy (non-hydrogen) atoms. The van der Waals surface area contributed by atoms with Gasteiger partial charge in [0.15, 0.2) is 0 Å². The van der Waals surface area contributed by atoms with E-state index in [0.717, 1.165) is 15.4 Å². The maximum absolute atomic E-state index is 14.7. The van der Waals surface area contributed by atoms with Crippen LogP contribution in [0.15, 0.2) is 76.6 Å². The Kier molecular flexibility index (Phi) is 10.4. The van der Waals surface area contributed by atoms with Gasteiger partial charge < -0.3 is 14.7 Å². The first-order valence-corrected chi connectivity index (χ1v) is 16.9. The van der Waals surface area contributed by atoms with Crippen molar-refractivity contribution in [1.82, 2.24) is 19.0 Å². The van der Waals surface area contributed by atoms with Crippen LogP contribution in [-0.4, -0.2) is 104 Å². The molecule has 0 aliphatic carbocycles. The Labute approximate surface area is 274 Å². The minimum absolute atomic E-state index is 0.0463. The zero-order valence-corrected chi connectivity index (χ0v) is 27.8. The third-order valence-corrected chi connectivity index (χ3v) is 10.3. The fourth-order valence-corrected chi connectivity index (χ4v) is 6.83. The average molecular weight is 675 g/mol. The molecule has 2 heterocycles. The highest BCUT2D eigenvalue weighted by molar-refractivity contribution is 7.89. The summed E-state index contributed by atoms with van der Waals surface area (Å²) in [6.07, 6.45) is 0. The molecule has 0 aromatic heterocycles. The molecule has 2 amide bonds. The number of aliphatic imine (C=N–C) groups is 1. The fraction of sp³-hybridized carbons (Fsp3) is 0.375. The van der Waals surface area contributed by atoms with Crippen LogP contribution in [0, 0.1) is 0 Å². The highest BCUT2D eigenvalue weighted by Crippen LogP contribution is 2.45. The van der Waals surface area contributed by atoms with E-state index in [9.17, 15) is 18.3 Å². The van der Waals surface area contributed by atoms with E-state index in [1.165, 1.54) is 26.2 Å². The predicted molar refractivity (Wildman–Crippen MR) is 176 cm³/mol. The van der Waals surface area contributed by atoms with Crippen LogP contribution in [0.4, 0.5) is 4.79 Å².